The van der Waals surface area contributed by atoms with E-state index in [4.69, 9.17) is 9.47 Å². The van der Waals surface area contributed by atoms with Crippen LogP contribution in [-0.2, 0) is 20.9 Å². The minimum absolute atomic E-state index is 0.0160. The number of Topliss-reactive ketones (excluding diaryl/α,β-unsaturated/α-hetero) is 1. The maximum absolute atomic E-state index is 12.5. The number of carbonyl (C=O) groups is 2. The Balaban J connectivity index is 1.96. The molecule has 0 amide bonds. The van der Waals surface area contributed by atoms with Crippen LogP contribution < -0.4 is 0 Å². The molecule has 0 aliphatic carbocycles. The summed E-state index contributed by atoms with van der Waals surface area (Å²) in [6, 6.07) is 8.73. The van der Waals surface area contributed by atoms with Gasteiger partial charge in [-0.3, -0.25) is 14.6 Å². The van der Waals surface area contributed by atoms with Crippen molar-refractivity contribution >= 4 is 23.5 Å². The summed E-state index contributed by atoms with van der Waals surface area (Å²) in [7, 11) is 1.26. The number of aromatic nitrogens is 1. The number of aromatic hydroxyl groups is 3. The van der Waals surface area contributed by atoms with Crippen molar-refractivity contribution in [3.05, 3.63) is 75.6 Å². The quantitative estimate of drug-likeness (QED) is 0.235. The van der Waals surface area contributed by atoms with E-state index in [2.05, 4.69) is 4.98 Å². The summed E-state index contributed by atoms with van der Waals surface area (Å²) in [6.45, 7) is 3.10. The molecule has 4 rings (SSSR count). The van der Waals surface area contributed by atoms with E-state index in [1.165, 1.54) is 20.1 Å². The van der Waals surface area contributed by atoms with Crippen molar-refractivity contribution in [2.75, 3.05) is 13.4 Å². The molecule has 3 N–H and O–H groups in total. The Bertz CT molecular complexity index is 1340. The van der Waals surface area contributed by atoms with Crippen molar-refractivity contribution in [1.82, 2.24) is 4.98 Å². The van der Waals surface area contributed by atoms with Crippen molar-refractivity contribution in [1.29, 1.82) is 0 Å². The second kappa shape index (κ2) is 10.2. The highest BCUT2D eigenvalue weighted by molar-refractivity contribution is 7.98. The summed E-state index contributed by atoms with van der Waals surface area (Å²) in [5.74, 6) is -2.61. The molecule has 0 saturated carbocycles. The van der Waals surface area contributed by atoms with Crippen LogP contribution in [0.1, 0.15) is 69.2 Å². The molecule has 1 aromatic heterocycles. The van der Waals surface area contributed by atoms with Crippen LogP contribution in [0.15, 0.2) is 41.4 Å². The number of ether oxygens (including phenoxy) is 2. The molecule has 36 heavy (non-hydrogen) atoms. The van der Waals surface area contributed by atoms with Gasteiger partial charge in [0, 0.05) is 39.3 Å². The Morgan fingerprint density at radius 2 is 1.86 bits per heavy atom. The van der Waals surface area contributed by atoms with Gasteiger partial charge in [-0.05, 0) is 43.9 Å². The number of hydrogen-bond acceptors (Lipinski definition) is 9. The van der Waals surface area contributed by atoms with Crippen LogP contribution in [0.5, 0.6) is 17.2 Å². The second-order valence-electron chi connectivity index (χ2n) is 8.61. The largest absolute Gasteiger partial charge is 0.507 e. The molecule has 188 valence electrons. The number of pyridine rings is 1. The third-order valence-electron chi connectivity index (χ3n) is 6.49. The van der Waals surface area contributed by atoms with Gasteiger partial charge >= 0.3 is 5.97 Å². The van der Waals surface area contributed by atoms with Crippen molar-refractivity contribution < 1.29 is 34.4 Å². The lowest BCUT2D eigenvalue weighted by atomic mass is 9.83. The molecule has 2 aromatic carbocycles. The lowest BCUT2D eigenvalue weighted by Gasteiger charge is -2.24. The summed E-state index contributed by atoms with van der Waals surface area (Å²) in [6.07, 6.45) is 2.44. The number of methoxy groups -OCH3 is 1. The van der Waals surface area contributed by atoms with E-state index < -0.39 is 29.5 Å². The number of benzene rings is 2. The molecule has 2 atom stereocenters. The van der Waals surface area contributed by atoms with E-state index in [1.807, 2.05) is 18.4 Å². The van der Waals surface area contributed by atoms with Gasteiger partial charge in [0.25, 0.3) is 0 Å². The highest BCUT2D eigenvalue weighted by Gasteiger charge is 2.36. The molecular formula is C27H27NO7S. The van der Waals surface area contributed by atoms with Gasteiger partial charge in [0.2, 0.25) is 0 Å². The number of phenols is 2. The third kappa shape index (κ3) is 4.52. The van der Waals surface area contributed by atoms with Gasteiger partial charge in [-0.25, -0.2) is 0 Å². The first-order chi connectivity index (χ1) is 17.2. The van der Waals surface area contributed by atoms with Gasteiger partial charge in [-0.2, -0.15) is 0 Å². The third-order valence-corrected chi connectivity index (χ3v) is 7.23. The Morgan fingerprint density at radius 3 is 2.47 bits per heavy atom. The molecule has 9 heteroatoms. The van der Waals surface area contributed by atoms with Crippen LogP contribution in [-0.4, -0.2) is 45.4 Å². The summed E-state index contributed by atoms with van der Waals surface area (Å²) >= 11 is 1.55. The summed E-state index contributed by atoms with van der Waals surface area (Å²) in [4.78, 5) is 30.1. The monoisotopic (exact) mass is 509 g/mol. The number of ketones is 1. The van der Waals surface area contributed by atoms with Crippen molar-refractivity contribution in [3.8, 4) is 17.2 Å². The standard InChI is InChI=1S/C27H27NO7S/c1-13-24(31)22-16(11-28-13)12-35-27(22)20-9-18(14(2)29)25(32)23(26(20)33)19(10-21(30)34-3)15-5-7-17(36-4)8-6-15/h5-9,11,19,27,31-33H,10,12H2,1-4H3/t19-,27+/m1/s1. The number of phenolic OH excluding ortho intramolecular Hbond substituents is 2. The molecule has 0 spiro atoms. The first kappa shape index (κ1) is 25.5. The Labute approximate surface area is 212 Å². The number of nitrogens with zero attached hydrogens (tertiary/aromatic N) is 1. The van der Waals surface area contributed by atoms with E-state index >= 15 is 0 Å². The SMILES string of the molecule is COC(=O)C[C@H](c1ccc(SC)cc1)c1c(O)c(C(C)=O)cc([C@@H]2OCc3cnc(C)c(O)c32)c1O. The Hall–Kier alpha value is -3.56. The lowest BCUT2D eigenvalue weighted by Crippen LogP contribution is -2.13. The number of thioether (sulfide) groups is 1. The topological polar surface area (TPSA) is 126 Å². The fourth-order valence-electron chi connectivity index (χ4n) is 4.54. The predicted octanol–water partition coefficient (Wildman–Crippen LogP) is 4.75. The Morgan fingerprint density at radius 1 is 1.17 bits per heavy atom. The predicted molar refractivity (Wildman–Crippen MR) is 134 cm³/mol. The van der Waals surface area contributed by atoms with E-state index in [0.717, 1.165) is 4.90 Å². The Kier molecular flexibility index (Phi) is 7.23. The maximum Gasteiger partial charge on any atom is 0.306 e. The first-order valence-corrected chi connectivity index (χ1v) is 12.5. The molecule has 8 nitrogen and oxygen atoms in total. The van der Waals surface area contributed by atoms with E-state index in [9.17, 15) is 24.9 Å². The van der Waals surface area contributed by atoms with Gasteiger partial charge in [0.15, 0.2) is 5.78 Å². The minimum Gasteiger partial charge on any atom is -0.507 e. The fourth-order valence-corrected chi connectivity index (χ4v) is 4.95. The van der Waals surface area contributed by atoms with E-state index in [0.29, 0.717) is 22.4 Å². The van der Waals surface area contributed by atoms with Crippen molar-refractivity contribution in [3.63, 3.8) is 0 Å². The zero-order valence-corrected chi connectivity index (χ0v) is 21.2. The molecule has 0 fully saturated rings. The van der Waals surface area contributed by atoms with Gasteiger partial charge in [0.1, 0.15) is 23.4 Å². The van der Waals surface area contributed by atoms with Crippen LogP contribution >= 0.6 is 11.8 Å². The average Bonchev–Trinajstić information content (AvgIpc) is 3.30. The average molecular weight is 510 g/mol. The van der Waals surface area contributed by atoms with Crippen LogP contribution in [0.2, 0.25) is 0 Å². The molecule has 3 aromatic rings. The van der Waals surface area contributed by atoms with E-state index in [1.54, 1.807) is 37.0 Å². The highest BCUT2D eigenvalue weighted by Crippen LogP contribution is 2.50. The van der Waals surface area contributed by atoms with Crippen LogP contribution in [0.3, 0.4) is 0 Å². The summed E-state index contributed by atoms with van der Waals surface area (Å²) in [5.41, 5.74) is 2.32. The number of aryl methyl sites for hydroxylation is 1. The molecule has 1 aliphatic rings. The highest BCUT2D eigenvalue weighted by atomic mass is 32.2. The number of carbonyl (C=O) groups excluding carboxylic acids is 2. The molecule has 1 aliphatic heterocycles. The van der Waals surface area contributed by atoms with Gasteiger partial charge < -0.3 is 24.8 Å². The van der Waals surface area contributed by atoms with E-state index in [-0.39, 0.29) is 41.2 Å². The minimum atomic E-state index is -0.906. The normalized spacial score (nSPS) is 15.4. The van der Waals surface area contributed by atoms with Crippen molar-refractivity contribution in [2.45, 2.75) is 43.8 Å². The summed E-state index contributed by atoms with van der Waals surface area (Å²) in [5, 5.41) is 33.4. The van der Waals surface area contributed by atoms with Crippen LogP contribution in [0.4, 0.5) is 0 Å². The molecule has 0 saturated heterocycles. The molecule has 0 unspecified atom stereocenters. The van der Waals surface area contributed by atoms with Crippen LogP contribution in [0, 0.1) is 6.92 Å². The number of esters is 1. The summed E-state index contributed by atoms with van der Waals surface area (Å²) < 4.78 is 10.8. The van der Waals surface area contributed by atoms with Gasteiger partial charge in [0.05, 0.1) is 31.4 Å². The number of hydrogen-bond donors (Lipinski definition) is 3. The first-order valence-electron chi connectivity index (χ1n) is 11.3. The molecular weight excluding hydrogens is 482 g/mol. The van der Waals surface area contributed by atoms with Crippen LogP contribution in [0.25, 0.3) is 0 Å². The maximum atomic E-state index is 12.5. The smallest absolute Gasteiger partial charge is 0.306 e. The zero-order valence-electron chi connectivity index (χ0n) is 20.4. The van der Waals surface area contributed by atoms with Gasteiger partial charge in [-0.15, -0.1) is 11.8 Å². The van der Waals surface area contributed by atoms with Crippen molar-refractivity contribution in [2.24, 2.45) is 0 Å². The van der Waals surface area contributed by atoms with Gasteiger partial charge in [-0.1, -0.05) is 12.1 Å². The zero-order chi connectivity index (χ0) is 26.1. The molecule has 2 heterocycles. The second-order valence-corrected chi connectivity index (χ2v) is 9.49. The fraction of sp³-hybridized carbons (Fsp3) is 0.296. The number of rotatable bonds is 7. The number of fused-ring (bicyclic) bond motifs is 1. The molecule has 0 radical (unpaired) electrons. The molecule has 0 bridgehead atoms. The lowest BCUT2D eigenvalue weighted by molar-refractivity contribution is -0.140.